The van der Waals surface area contributed by atoms with Crippen LogP contribution >= 0.6 is 11.6 Å². The summed E-state index contributed by atoms with van der Waals surface area (Å²) in [5.41, 5.74) is 0. The fraction of sp³-hybridized carbons (Fsp3) is 1.00. The molecule has 0 aromatic carbocycles. The first-order valence-electron chi connectivity index (χ1n) is 10.3. The maximum Gasteiger partial charge on any atom is 0.0518 e. The van der Waals surface area contributed by atoms with Crippen molar-refractivity contribution in [3.63, 3.8) is 0 Å². The molecule has 0 saturated carbocycles. The fourth-order valence-corrected chi connectivity index (χ4v) is 4.10. The first-order chi connectivity index (χ1) is 10.7. The van der Waals surface area contributed by atoms with Crippen LogP contribution < -0.4 is 0 Å². The second-order valence-electron chi connectivity index (χ2n) is 7.50. The van der Waals surface area contributed by atoms with Gasteiger partial charge in [-0.3, -0.25) is 0 Å². The minimum atomic E-state index is -0.592. The molecule has 0 aromatic heterocycles. The number of halogens is 1. The van der Waals surface area contributed by atoms with Crippen molar-refractivity contribution >= 4 is 20.4 Å². The average Bonchev–Trinajstić information content (AvgIpc) is 2.50. The molecule has 1 atom stereocenters. The van der Waals surface area contributed by atoms with Crippen molar-refractivity contribution in [3.05, 3.63) is 0 Å². The molecule has 134 valence electrons. The first kappa shape index (κ1) is 22.5. The third kappa shape index (κ3) is 16.9. The molecule has 0 radical (unpaired) electrons. The third-order valence-corrected chi connectivity index (χ3v) is 8.32. The van der Waals surface area contributed by atoms with Gasteiger partial charge in [0.25, 0.3) is 0 Å². The van der Waals surface area contributed by atoms with Gasteiger partial charge in [-0.2, -0.15) is 0 Å². The number of hydrogen-bond donors (Lipinski definition) is 0. The highest BCUT2D eigenvalue weighted by Gasteiger charge is 2.09. The zero-order valence-corrected chi connectivity index (χ0v) is 17.8. The van der Waals surface area contributed by atoms with Gasteiger partial charge in [0.15, 0.2) is 0 Å². The highest BCUT2D eigenvalue weighted by atomic mass is 35.5. The lowest BCUT2D eigenvalue weighted by molar-refractivity contribution is 0.531. The maximum absolute atomic E-state index is 6.34. The normalized spacial score (nSPS) is 13.0. The first-order valence-corrected chi connectivity index (χ1v) is 13.7. The van der Waals surface area contributed by atoms with Crippen LogP contribution in [0.3, 0.4) is 0 Å². The van der Waals surface area contributed by atoms with Crippen molar-refractivity contribution in [1.29, 1.82) is 0 Å². The zero-order valence-electron chi connectivity index (χ0n) is 15.8. The standard InChI is InChI=1S/C20H43ClSi/c1-4-5-6-7-8-9-10-11-12-13-14-15-16-17-18-19-20(21)22(2)3/h20,22H,4-19H2,1-3H3. The molecular weight excluding hydrogens is 304 g/mol. The molecule has 0 bridgehead atoms. The largest absolute Gasteiger partial charge is 0.127 e. The summed E-state index contributed by atoms with van der Waals surface area (Å²) < 4.78 is 0. The Morgan fingerprint density at radius 3 is 1.23 bits per heavy atom. The molecule has 0 rings (SSSR count). The average molecular weight is 347 g/mol. The summed E-state index contributed by atoms with van der Waals surface area (Å²) in [7, 11) is -0.592. The van der Waals surface area contributed by atoms with Gasteiger partial charge in [-0.25, -0.2) is 0 Å². The van der Waals surface area contributed by atoms with Gasteiger partial charge in [0.1, 0.15) is 0 Å². The van der Waals surface area contributed by atoms with Gasteiger partial charge in [-0.1, -0.05) is 116 Å². The fourth-order valence-electron chi connectivity index (χ4n) is 3.04. The van der Waals surface area contributed by atoms with Crippen molar-refractivity contribution in [2.45, 2.75) is 128 Å². The van der Waals surface area contributed by atoms with Crippen LogP contribution in [0.15, 0.2) is 0 Å². The molecule has 2 heteroatoms. The molecule has 0 aliphatic rings. The van der Waals surface area contributed by atoms with Crippen LogP contribution in [0, 0.1) is 0 Å². The van der Waals surface area contributed by atoms with E-state index in [9.17, 15) is 0 Å². The van der Waals surface area contributed by atoms with Crippen molar-refractivity contribution < 1.29 is 0 Å². The lowest BCUT2D eigenvalue weighted by Gasteiger charge is -2.11. The molecule has 0 spiro atoms. The summed E-state index contributed by atoms with van der Waals surface area (Å²) in [5.74, 6) is 0. The second-order valence-corrected chi connectivity index (χ2v) is 11.8. The van der Waals surface area contributed by atoms with Crippen LogP contribution in [0.25, 0.3) is 0 Å². The SMILES string of the molecule is CCCCCCCCCCCCCCCCCC(Cl)[SiH](C)C. The molecule has 0 aliphatic carbocycles. The summed E-state index contributed by atoms with van der Waals surface area (Å²) in [4.78, 5) is 0. The third-order valence-electron chi connectivity index (χ3n) is 4.81. The second kappa shape index (κ2) is 17.9. The van der Waals surface area contributed by atoms with Crippen molar-refractivity contribution in [2.24, 2.45) is 0 Å². The highest BCUT2D eigenvalue weighted by molar-refractivity contribution is 6.67. The predicted octanol–water partition coefficient (Wildman–Crippen LogP) is 7.88. The van der Waals surface area contributed by atoms with E-state index in [4.69, 9.17) is 11.6 Å². The smallest absolute Gasteiger partial charge is 0.0518 e. The van der Waals surface area contributed by atoms with Gasteiger partial charge in [0.05, 0.1) is 8.80 Å². The van der Waals surface area contributed by atoms with E-state index in [1.54, 1.807) is 0 Å². The monoisotopic (exact) mass is 346 g/mol. The molecule has 0 aliphatic heterocycles. The Hall–Kier alpha value is 0.507. The van der Waals surface area contributed by atoms with Crippen molar-refractivity contribution in [3.8, 4) is 0 Å². The summed E-state index contributed by atoms with van der Waals surface area (Å²) in [5, 5.41) is 0.530. The van der Waals surface area contributed by atoms with Crippen LogP contribution in [-0.2, 0) is 0 Å². The Morgan fingerprint density at radius 2 is 0.909 bits per heavy atom. The number of unbranched alkanes of at least 4 members (excludes halogenated alkanes) is 14. The minimum Gasteiger partial charge on any atom is -0.127 e. The molecular formula is C20H43ClSi. The Bertz CT molecular complexity index is 206. The van der Waals surface area contributed by atoms with Gasteiger partial charge >= 0.3 is 0 Å². The van der Waals surface area contributed by atoms with Crippen LogP contribution in [0.1, 0.15) is 110 Å². The highest BCUT2D eigenvalue weighted by Crippen LogP contribution is 2.15. The Balaban J connectivity index is 3.03. The summed E-state index contributed by atoms with van der Waals surface area (Å²) in [6, 6.07) is 0. The molecule has 0 saturated heterocycles. The molecule has 22 heavy (non-hydrogen) atoms. The molecule has 0 fully saturated rings. The maximum atomic E-state index is 6.34. The number of rotatable bonds is 17. The summed E-state index contributed by atoms with van der Waals surface area (Å²) in [6.07, 6.45) is 22.9. The molecule has 0 N–H and O–H groups in total. The van der Waals surface area contributed by atoms with Gasteiger partial charge in [0, 0.05) is 5.00 Å². The molecule has 0 amide bonds. The number of alkyl halides is 1. The Morgan fingerprint density at radius 1 is 0.591 bits per heavy atom. The van der Waals surface area contributed by atoms with E-state index >= 15 is 0 Å². The zero-order chi connectivity index (χ0) is 16.5. The van der Waals surface area contributed by atoms with Crippen LogP contribution in [-0.4, -0.2) is 13.8 Å². The van der Waals surface area contributed by atoms with Gasteiger partial charge in [0.2, 0.25) is 0 Å². The lowest BCUT2D eigenvalue weighted by atomic mass is 10.0. The summed E-state index contributed by atoms with van der Waals surface area (Å²) in [6.45, 7) is 7.02. The van der Waals surface area contributed by atoms with E-state index in [-0.39, 0.29) is 0 Å². The van der Waals surface area contributed by atoms with Crippen LogP contribution in [0.5, 0.6) is 0 Å². The van der Waals surface area contributed by atoms with Crippen molar-refractivity contribution in [1.82, 2.24) is 0 Å². The van der Waals surface area contributed by atoms with E-state index < -0.39 is 8.80 Å². The molecule has 0 heterocycles. The van der Waals surface area contributed by atoms with Gasteiger partial charge in [-0.15, -0.1) is 11.6 Å². The van der Waals surface area contributed by atoms with E-state index in [1.165, 1.54) is 103 Å². The van der Waals surface area contributed by atoms with E-state index in [0.29, 0.717) is 5.00 Å². The summed E-state index contributed by atoms with van der Waals surface area (Å²) >= 11 is 6.34. The van der Waals surface area contributed by atoms with Crippen molar-refractivity contribution in [2.75, 3.05) is 0 Å². The predicted molar refractivity (Wildman–Crippen MR) is 108 cm³/mol. The molecule has 1 unspecified atom stereocenters. The molecule has 0 aromatic rings. The van der Waals surface area contributed by atoms with Crippen LogP contribution in [0.4, 0.5) is 0 Å². The number of hydrogen-bond acceptors (Lipinski definition) is 0. The minimum absolute atomic E-state index is 0.530. The van der Waals surface area contributed by atoms with Gasteiger partial charge < -0.3 is 0 Å². The Kier molecular flexibility index (Phi) is 18.3. The van der Waals surface area contributed by atoms with Gasteiger partial charge in [-0.05, 0) is 6.42 Å². The molecule has 0 nitrogen and oxygen atoms in total. The van der Waals surface area contributed by atoms with E-state index in [1.807, 2.05) is 0 Å². The topological polar surface area (TPSA) is 0 Å². The quantitative estimate of drug-likeness (QED) is 0.143. The van der Waals surface area contributed by atoms with E-state index in [2.05, 4.69) is 20.0 Å². The lowest BCUT2D eigenvalue weighted by Crippen LogP contribution is -2.17. The Labute approximate surface area is 148 Å². The van der Waals surface area contributed by atoms with E-state index in [0.717, 1.165) is 0 Å². The van der Waals surface area contributed by atoms with Crippen LogP contribution in [0.2, 0.25) is 13.1 Å².